The van der Waals surface area contributed by atoms with Crippen molar-refractivity contribution >= 4 is 22.8 Å². The summed E-state index contributed by atoms with van der Waals surface area (Å²) in [7, 11) is 0. The van der Waals surface area contributed by atoms with Crippen molar-refractivity contribution < 1.29 is 24.5 Å². The molecule has 0 radical (unpaired) electrons. The van der Waals surface area contributed by atoms with Gasteiger partial charge in [0.2, 0.25) is 0 Å². The molecule has 1 aromatic heterocycles. The molecule has 1 heterocycles. The van der Waals surface area contributed by atoms with E-state index in [0.717, 1.165) is 19.3 Å². The predicted octanol–water partition coefficient (Wildman–Crippen LogP) is 4.33. The maximum atomic E-state index is 13.2. The number of fused-ring (bicyclic) bond motifs is 1. The van der Waals surface area contributed by atoms with Gasteiger partial charge >= 0.3 is 5.97 Å². The molecule has 0 saturated carbocycles. The van der Waals surface area contributed by atoms with Gasteiger partial charge in [-0.25, -0.2) is 4.79 Å². The van der Waals surface area contributed by atoms with Gasteiger partial charge in [0.25, 0.3) is 5.91 Å². The molecule has 0 aliphatic rings. The summed E-state index contributed by atoms with van der Waals surface area (Å²) in [5.41, 5.74) is 1.65. The summed E-state index contributed by atoms with van der Waals surface area (Å²) in [6.45, 7) is 4.41. The molecular weight excluding hydrogens is 370 g/mol. The first kappa shape index (κ1) is 20.6. The van der Waals surface area contributed by atoms with Crippen molar-refractivity contribution in [2.45, 2.75) is 39.2 Å². The summed E-state index contributed by atoms with van der Waals surface area (Å²) in [6.07, 6.45) is 1.52. The molecule has 2 aromatic carbocycles. The Morgan fingerprint density at radius 1 is 1.07 bits per heavy atom. The molecule has 1 atom stereocenters. The zero-order chi connectivity index (χ0) is 21.0. The second-order valence-electron chi connectivity index (χ2n) is 6.98. The van der Waals surface area contributed by atoms with Crippen LogP contribution in [0.5, 0.6) is 5.75 Å². The third-order valence-corrected chi connectivity index (χ3v) is 4.99. The number of carboxylic acids is 1. The molecule has 0 bridgehead atoms. The molecule has 0 amide bonds. The van der Waals surface area contributed by atoms with Crippen molar-refractivity contribution in [2.75, 3.05) is 6.61 Å². The van der Waals surface area contributed by atoms with Crippen LogP contribution in [0.1, 0.15) is 53.9 Å². The molecule has 0 aliphatic carbocycles. The van der Waals surface area contributed by atoms with Gasteiger partial charge < -0.3 is 14.9 Å². The lowest BCUT2D eigenvalue weighted by atomic mass is 10.1. The first-order valence-corrected chi connectivity index (χ1v) is 9.74. The van der Waals surface area contributed by atoms with Gasteiger partial charge in [-0.05, 0) is 43.7 Å². The van der Waals surface area contributed by atoms with Crippen molar-refractivity contribution in [3.05, 3.63) is 65.4 Å². The molecule has 6 nitrogen and oxygen atoms in total. The highest BCUT2D eigenvalue weighted by molar-refractivity contribution is 6.05. The number of para-hydroxylation sites is 1. The van der Waals surface area contributed by atoms with Crippen molar-refractivity contribution in [3.63, 3.8) is 0 Å². The van der Waals surface area contributed by atoms with Crippen LogP contribution < -0.4 is 4.74 Å². The fraction of sp³-hybridized carbons (Fsp3) is 0.304. The van der Waals surface area contributed by atoms with Crippen molar-refractivity contribution in [2.24, 2.45) is 0 Å². The van der Waals surface area contributed by atoms with Crippen molar-refractivity contribution in [1.82, 2.24) is 4.57 Å². The Hall–Kier alpha value is -3.12. The Labute approximate surface area is 169 Å². The molecule has 3 rings (SSSR count). The van der Waals surface area contributed by atoms with Gasteiger partial charge in [-0.1, -0.05) is 38.0 Å². The average molecular weight is 395 g/mol. The molecule has 6 heteroatoms. The molecule has 0 spiro atoms. The summed E-state index contributed by atoms with van der Waals surface area (Å²) in [4.78, 5) is 24.5. The smallest absolute Gasteiger partial charge is 0.337 e. The van der Waals surface area contributed by atoms with Crippen LogP contribution in [0.25, 0.3) is 10.9 Å². The standard InChI is InChI=1S/C23H25NO5/c1-3-4-7-14-29-17-12-10-16(11-13-17)22(26)24-15(2)20(21(25)23(27)28)18-8-5-6-9-19(18)24/h5-6,8-13,21,25H,3-4,7,14H2,1-2H3,(H,27,28). The largest absolute Gasteiger partial charge is 0.494 e. The Morgan fingerprint density at radius 2 is 1.76 bits per heavy atom. The Bertz CT molecular complexity index is 1020. The van der Waals surface area contributed by atoms with Crippen LogP contribution in [0.4, 0.5) is 0 Å². The number of carbonyl (C=O) groups is 2. The second-order valence-corrected chi connectivity index (χ2v) is 6.98. The average Bonchev–Trinajstić information content (AvgIpc) is 3.02. The first-order chi connectivity index (χ1) is 14.0. The number of aliphatic hydroxyl groups excluding tert-OH is 1. The van der Waals surface area contributed by atoms with Crippen LogP contribution in [0.2, 0.25) is 0 Å². The number of rotatable bonds is 8. The highest BCUT2D eigenvalue weighted by Crippen LogP contribution is 2.31. The number of carboxylic acid groups (broad SMARTS) is 1. The lowest BCUT2D eigenvalue weighted by molar-refractivity contribution is -0.146. The number of aromatic nitrogens is 1. The van der Waals surface area contributed by atoms with E-state index in [4.69, 9.17) is 4.74 Å². The molecule has 0 fully saturated rings. The van der Waals surface area contributed by atoms with Gasteiger partial charge in [-0.2, -0.15) is 0 Å². The van der Waals surface area contributed by atoms with Crippen molar-refractivity contribution in [3.8, 4) is 5.75 Å². The summed E-state index contributed by atoms with van der Waals surface area (Å²) in [5.74, 6) is -0.943. The molecule has 3 aromatic rings. The van der Waals surface area contributed by atoms with Gasteiger partial charge in [0.05, 0.1) is 12.1 Å². The van der Waals surface area contributed by atoms with Crippen LogP contribution >= 0.6 is 0 Å². The van der Waals surface area contributed by atoms with E-state index in [1.165, 1.54) is 4.57 Å². The third kappa shape index (κ3) is 4.17. The number of hydrogen-bond acceptors (Lipinski definition) is 4. The number of unbranched alkanes of at least 4 members (excludes halogenated alkanes) is 2. The second kappa shape index (κ2) is 8.92. The number of aliphatic hydroxyl groups is 1. The topological polar surface area (TPSA) is 88.8 Å². The van der Waals surface area contributed by atoms with Gasteiger partial charge in [0.15, 0.2) is 6.10 Å². The lowest BCUT2D eigenvalue weighted by Crippen LogP contribution is -2.16. The van der Waals surface area contributed by atoms with Crippen LogP contribution in [0, 0.1) is 6.92 Å². The van der Waals surface area contributed by atoms with Gasteiger partial charge in [-0.15, -0.1) is 0 Å². The monoisotopic (exact) mass is 395 g/mol. The first-order valence-electron chi connectivity index (χ1n) is 9.74. The van der Waals surface area contributed by atoms with E-state index < -0.39 is 12.1 Å². The maximum absolute atomic E-state index is 13.2. The highest BCUT2D eigenvalue weighted by Gasteiger charge is 2.27. The van der Waals surface area contributed by atoms with E-state index in [1.54, 1.807) is 55.5 Å². The fourth-order valence-corrected chi connectivity index (χ4v) is 3.49. The highest BCUT2D eigenvalue weighted by atomic mass is 16.5. The van der Waals surface area contributed by atoms with Crippen molar-refractivity contribution in [1.29, 1.82) is 0 Å². The maximum Gasteiger partial charge on any atom is 0.337 e. The zero-order valence-corrected chi connectivity index (χ0v) is 16.6. The van der Waals surface area contributed by atoms with Crippen LogP contribution in [-0.2, 0) is 4.79 Å². The zero-order valence-electron chi connectivity index (χ0n) is 16.6. The van der Waals surface area contributed by atoms with E-state index in [0.29, 0.717) is 34.5 Å². The SMILES string of the molecule is CCCCCOc1ccc(C(=O)n2c(C)c(C(O)C(=O)O)c3ccccc32)cc1. The minimum absolute atomic E-state index is 0.234. The van der Waals surface area contributed by atoms with E-state index in [2.05, 4.69) is 6.92 Å². The van der Waals surface area contributed by atoms with Crippen LogP contribution in [0.3, 0.4) is 0 Å². The number of carbonyl (C=O) groups excluding carboxylic acids is 1. The predicted molar refractivity (Wildman–Crippen MR) is 110 cm³/mol. The molecule has 0 saturated heterocycles. The number of hydrogen-bond donors (Lipinski definition) is 2. The minimum Gasteiger partial charge on any atom is -0.494 e. The van der Waals surface area contributed by atoms with Crippen LogP contribution in [-0.4, -0.2) is 33.3 Å². The summed E-state index contributed by atoms with van der Waals surface area (Å²) in [6, 6.07) is 13.9. The summed E-state index contributed by atoms with van der Waals surface area (Å²) in [5, 5.41) is 20.0. The molecule has 152 valence electrons. The Balaban J connectivity index is 1.93. The Morgan fingerprint density at radius 3 is 2.41 bits per heavy atom. The molecule has 29 heavy (non-hydrogen) atoms. The van der Waals surface area contributed by atoms with E-state index in [9.17, 15) is 19.8 Å². The quantitative estimate of drug-likeness (QED) is 0.554. The normalized spacial score (nSPS) is 12.1. The Kier molecular flexibility index (Phi) is 6.34. The fourth-order valence-electron chi connectivity index (χ4n) is 3.49. The number of benzene rings is 2. The van der Waals surface area contributed by atoms with Crippen LogP contribution in [0.15, 0.2) is 48.5 Å². The minimum atomic E-state index is -1.70. The molecular formula is C23H25NO5. The third-order valence-electron chi connectivity index (χ3n) is 4.99. The van der Waals surface area contributed by atoms with Gasteiger partial charge in [0, 0.05) is 22.2 Å². The van der Waals surface area contributed by atoms with Gasteiger partial charge in [0.1, 0.15) is 5.75 Å². The molecule has 0 aliphatic heterocycles. The van der Waals surface area contributed by atoms with E-state index in [1.807, 2.05) is 0 Å². The summed E-state index contributed by atoms with van der Waals surface area (Å²) >= 11 is 0. The lowest BCUT2D eigenvalue weighted by Gasteiger charge is -2.10. The molecule has 1 unspecified atom stereocenters. The summed E-state index contributed by atoms with van der Waals surface area (Å²) < 4.78 is 7.14. The van der Waals surface area contributed by atoms with Gasteiger partial charge in [-0.3, -0.25) is 9.36 Å². The number of aliphatic carboxylic acids is 1. The van der Waals surface area contributed by atoms with E-state index >= 15 is 0 Å². The van der Waals surface area contributed by atoms with E-state index in [-0.39, 0.29) is 11.5 Å². The molecule has 2 N–H and O–H groups in total. The number of nitrogens with zero attached hydrogens (tertiary/aromatic N) is 1. The number of ether oxygens (including phenoxy) is 1.